The molecular formula is C30H27N3O2S2. The Hall–Kier alpha value is -3.68. The number of aromatic nitrogens is 2. The first kappa shape index (κ1) is 25.0. The van der Waals surface area contributed by atoms with Crippen molar-refractivity contribution in [3.63, 3.8) is 0 Å². The van der Waals surface area contributed by atoms with Crippen LogP contribution in [-0.4, -0.2) is 31.5 Å². The third-order valence-corrected chi connectivity index (χ3v) is 7.41. The summed E-state index contributed by atoms with van der Waals surface area (Å²) in [6.45, 7) is 3.27. The minimum Gasteiger partial charge on any atom is -0.489 e. The maximum atomic E-state index is 13.1. The molecule has 37 heavy (non-hydrogen) atoms. The summed E-state index contributed by atoms with van der Waals surface area (Å²) >= 11 is 6.85. The van der Waals surface area contributed by atoms with Gasteiger partial charge in [0, 0.05) is 23.9 Å². The molecule has 5 rings (SSSR count). The van der Waals surface area contributed by atoms with Crippen molar-refractivity contribution in [2.45, 2.75) is 26.4 Å². The van der Waals surface area contributed by atoms with Crippen LogP contribution in [0.2, 0.25) is 0 Å². The largest absolute Gasteiger partial charge is 0.489 e. The Morgan fingerprint density at radius 3 is 2.38 bits per heavy atom. The normalized spacial score (nSPS) is 14.5. The molecule has 0 radical (unpaired) electrons. The Morgan fingerprint density at radius 2 is 1.68 bits per heavy atom. The molecule has 0 N–H and O–H groups in total. The molecule has 3 aromatic carbocycles. The lowest BCUT2D eigenvalue weighted by Crippen LogP contribution is -2.28. The summed E-state index contributed by atoms with van der Waals surface area (Å²) in [6, 6.07) is 27.9. The van der Waals surface area contributed by atoms with E-state index < -0.39 is 0 Å². The average Bonchev–Trinajstić information content (AvgIpc) is 3.48. The monoisotopic (exact) mass is 525 g/mol. The zero-order chi connectivity index (χ0) is 25.6. The number of ether oxygens (including phenoxy) is 1. The number of carbonyl (C=O) groups is 1. The van der Waals surface area contributed by atoms with E-state index in [1.54, 1.807) is 4.90 Å². The first-order valence-corrected chi connectivity index (χ1v) is 13.5. The fourth-order valence-electron chi connectivity index (χ4n) is 4.03. The van der Waals surface area contributed by atoms with Crippen molar-refractivity contribution in [3.8, 4) is 22.7 Å². The van der Waals surface area contributed by atoms with E-state index in [1.165, 1.54) is 11.8 Å². The topological polar surface area (TPSA) is 47.4 Å². The van der Waals surface area contributed by atoms with Crippen molar-refractivity contribution in [3.05, 3.63) is 107 Å². The van der Waals surface area contributed by atoms with Crippen LogP contribution >= 0.6 is 24.0 Å². The molecule has 1 aromatic heterocycles. The second-order valence-corrected chi connectivity index (χ2v) is 10.4. The molecule has 1 aliphatic rings. The summed E-state index contributed by atoms with van der Waals surface area (Å²) in [7, 11) is 0. The van der Waals surface area contributed by atoms with Gasteiger partial charge in [0.25, 0.3) is 5.91 Å². The van der Waals surface area contributed by atoms with Crippen LogP contribution in [0.25, 0.3) is 23.0 Å². The zero-order valence-corrected chi connectivity index (χ0v) is 22.2. The number of rotatable bonds is 9. The van der Waals surface area contributed by atoms with Crippen LogP contribution in [0.1, 0.15) is 30.9 Å². The maximum Gasteiger partial charge on any atom is 0.266 e. The highest BCUT2D eigenvalue weighted by Gasteiger charge is 2.31. The Labute approximate surface area is 226 Å². The van der Waals surface area contributed by atoms with Gasteiger partial charge >= 0.3 is 0 Å². The van der Waals surface area contributed by atoms with Crippen LogP contribution in [0.4, 0.5) is 0 Å². The van der Waals surface area contributed by atoms with Gasteiger partial charge in [-0.3, -0.25) is 9.69 Å². The van der Waals surface area contributed by atoms with E-state index >= 15 is 0 Å². The lowest BCUT2D eigenvalue weighted by Gasteiger charge is -2.12. The first-order valence-electron chi connectivity index (χ1n) is 12.3. The average molecular weight is 526 g/mol. The predicted octanol–water partition coefficient (Wildman–Crippen LogP) is 7.12. The molecule has 5 nitrogen and oxygen atoms in total. The number of hydrogen-bond donors (Lipinski definition) is 0. The van der Waals surface area contributed by atoms with Crippen LogP contribution in [-0.2, 0) is 11.4 Å². The molecule has 1 fully saturated rings. The van der Waals surface area contributed by atoms with Crippen molar-refractivity contribution in [2.24, 2.45) is 0 Å². The number of unbranched alkanes of at least 4 members (excludes halogenated alkanes) is 1. The highest BCUT2D eigenvalue weighted by atomic mass is 32.2. The minimum absolute atomic E-state index is 0.0356. The number of hydrogen-bond acceptors (Lipinski definition) is 5. The second-order valence-electron chi connectivity index (χ2n) is 8.70. The van der Waals surface area contributed by atoms with E-state index in [9.17, 15) is 4.79 Å². The van der Waals surface area contributed by atoms with Crippen molar-refractivity contribution in [1.82, 2.24) is 14.7 Å². The smallest absolute Gasteiger partial charge is 0.266 e. The van der Waals surface area contributed by atoms with Gasteiger partial charge in [-0.1, -0.05) is 85.9 Å². The van der Waals surface area contributed by atoms with Gasteiger partial charge in [-0.25, -0.2) is 4.68 Å². The minimum atomic E-state index is -0.0356. The summed E-state index contributed by atoms with van der Waals surface area (Å²) < 4.78 is 8.42. The molecule has 0 unspecified atom stereocenters. The van der Waals surface area contributed by atoms with E-state index in [4.69, 9.17) is 22.1 Å². The van der Waals surface area contributed by atoms with Gasteiger partial charge in [-0.05, 0) is 54.5 Å². The third kappa shape index (κ3) is 5.84. The summed E-state index contributed by atoms with van der Waals surface area (Å²) in [6.07, 6.45) is 5.81. The molecule has 186 valence electrons. The number of amides is 1. The molecule has 4 aromatic rings. The standard InChI is InChI=1S/C30H27N3O2S2/c1-2-3-18-32-29(34)27(37-30(32)36)19-24-20-33(25-12-8-5-9-13-25)31-28(24)23-14-16-26(17-15-23)35-21-22-10-6-4-7-11-22/h4-17,19-20H,2-3,18,21H2,1H3/b27-19-. The van der Waals surface area contributed by atoms with Crippen LogP contribution in [0.3, 0.4) is 0 Å². The van der Waals surface area contributed by atoms with Gasteiger partial charge in [0.1, 0.15) is 16.7 Å². The fraction of sp³-hybridized carbons (Fsp3) is 0.167. The van der Waals surface area contributed by atoms with Crippen LogP contribution in [0, 0.1) is 0 Å². The first-order chi connectivity index (χ1) is 18.1. The Bertz CT molecular complexity index is 1410. The predicted molar refractivity (Wildman–Crippen MR) is 155 cm³/mol. The van der Waals surface area contributed by atoms with E-state index in [2.05, 4.69) is 6.92 Å². The number of para-hydroxylation sites is 1. The van der Waals surface area contributed by atoms with Crippen LogP contribution in [0.5, 0.6) is 5.75 Å². The Kier molecular flexibility index (Phi) is 7.82. The summed E-state index contributed by atoms with van der Waals surface area (Å²) in [4.78, 5) is 15.4. The molecule has 7 heteroatoms. The molecule has 1 saturated heterocycles. The molecule has 0 saturated carbocycles. The fourth-order valence-corrected chi connectivity index (χ4v) is 5.33. The van der Waals surface area contributed by atoms with Gasteiger partial charge in [0.05, 0.1) is 16.3 Å². The van der Waals surface area contributed by atoms with E-state index in [1.807, 2.05) is 102 Å². The Balaban J connectivity index is 1.44. The van der Waals surface area contributed by atoms with Crippen molar-refractivity contribution >= 4 is 40.3 Å². The van der Waals surface area contributed by atoms with Crippen molar-refractivity contribution in [1.29, 1.82) is 0 Å². The number of nitrogens with zero attached hydrogens (tertiary/aromatic N) is 3. The number of thioether (sulfide) groups is 1. The second kappa shape index (κ2) is 11.6. The van der Waals surface area contributed by atoms with Gasteiger partial charge < -0.3 is 4.74 Å². The zero-order valence-electron chi connectivity index (χ0n) is 20.5. The summed E-state index contributed by atoms with van der Waals surface area (Å²) in [5.41, 5.74) is 4.65. The third-order valence-electron chi connectivity index (χ3n) is 6.03. The molecule has 1 amide bonds. The van der Waals surface area contributed by atoms with Gasteiger partial charge in [0.2, 0.25) is 0 Å². The number of thiocarbonyl (C=S) groups is 1. The van der Waals surface area contributed by atoms with Crippen molar-refractivity contribution < 1.29 is 9.53 Å². The molecule has 0 bridgehead atoms. The van der Waals surface area contributed by atoms with Gasteiger partial charge in [0.15, 0.2) is 0 Å². The van der Waals surface area contributed by atoms with Gasteiger partial charge in [-0.2, -0.15) is 5.10 Å². The van der Waals surface area contributed by atoms with Gasteiger partial charge in [-0.15, -0.1) is 0 Å². The highest BCUT2D eigenvalue weighted by Crippen LogP contribution is 2.35. The Morgan fingerprint density at radius 1 is 0.973 bits per heavy atom. The lowest BCUT2D eigenvalue weighted by molar-refractivity contribution is -0.122. The molecule has 0 spiro atoms. The molecule has 0 aliphatic carbocycles. The van der Waals surface area contributed by atoms with E-state index in [-0.39, 0.29) is 5.91 Å². The highest BCUT2D eigenvalue weighted by molar-refractivity contribution is 8.26. The van der Waals surface area contributed by atoms with E-state index in [0.717, 1.165) is 46.7 Å². The SMILES string of the molecule is CCCCN1C(=O)/C(=C/c2cn(-c3ccccc3)nc2-c2ccc(OCc3ccccc3)cc2)SC1=S. The van der Waals surface area contributed by atoms with Crippen molar-refractivity contribution in [2.75, 3.05) is 6.54 Å². The quantitative estimate of drug-likeness (QED) is 0.172. The number of carbonyl (C=O) groups excluding carboxylic acids is 1. The van der Waals surface area contributed by atoms with E-state index in [0.29, 0.717) is 22.4 Å². The van der Waals surface area contributed by atoms with Crippen LogP contribution < -0.4 is 4.74 Å². The molecule has 0 atom stereocenters. The molecule has 1 aliphatic heterocycles. The number of benzene rings is 3. The lowest BCUT2D eigenvalue weighted by atomic mass is 10.1. The summed E-state index contributed by atoms with van der Waals surface area (Å²) in [5, 5.41) is 4.89. The summed E-state index contributed by atoms with van der Waals surface area (Å²) in [5.74, 6) is 0.750. The molecule has 2 heterocycles. The molecular weight excluding hydrogens is 498 g/mol. The maximum absolute atomic E-state index is 13.1. The van der Waals surface area contributed by atoms with Crippen LogP contribution in [0.15, 0.2) is 96.0 Å².